The second-order valence-electron chi connectivity index (χ2n) is 4.00. The Morgan fingerprint density at radius 1 is 1.33 bits per heavy atom. The summed E-state index contributed by atoms with van der Waals surface area (Å²) in [5, 5.41) is 16.4. The first-order valence-electron chi connectivity index (χ1n) is 5.91. The van der Waals surface area contributed by atoms with E-state index in [1.54, 1.807) is 25.2 Å². The van der Waals surface area contributed by atoms with Gasteiger partial charge in [0.15, 0.2) is 0 Å². The highest BCUT2D eigenvalue weighted by Crippen LogP contribution is 2.29. The molecule has 1 aromatic heterocycles. The van der Waals surface area contributed by atoms with Crippen molar-refractivity contribution in [2.45, 2.75) is 0 Å². The summed E-state index contributed by atoms with van der Waals surface area (Å²) in [6.45, 7) is 0. The fourth-order valence-electron chi connectivity index (χ4n) is 1.78. The van der Waals surface area contributed by atoms with E-state index in [2.05, 4.69) is 31.5 Å². The third-order valence-electron chi connectivity index (χ3n) is 2.72. The van der Waals surface area contributed by atoms with Gasteiger partial charge < -0.3 is 10.6 Å². The van der Waals surface area contributed by atoms with Crippen molar-refractivity contribution in [1.29, 1.82) is 0 Å². The molecule has 108 valence electrons. The molecule has 2 rings (SSSR count). The van der Waals surface area contributed by atoms with Gasteiger partial charge in [0.25, 0.3) is 5.91 Å². The van der Waals surface area contributed by atoms with Crippen molar-refractivity contribution in [2.75, 3.05) is 17.7 Å². The zero-order valence-corrected chi connectivity index (χ0v) is 12.5. The maximum Gasteiger partial charge on any atom is 0.305 e. The number of nitrogens with zero attached hydrogens (tertiary/aromatic N) is 2. The van der Waals surface area contributed by atoms with Crippen LogP contribution in [0.1, 0.15) is 10.4 Å². The molecule has 7 nitrogen and oxygen atoms in total. The number of nitrogens with one attached hydrogen (secondary N) is 2. The maximum absolute atomic E-state index is 12.3. The number of aromatic nitrogens is 1. The van der Waals surface area contributed by atoms with E-state index in [0.717, 1.165) is 0 Å². The van der Waals surface area contributed by atoms with Crippen molar-refractivity contribution in [2.24, 2.45) is 0 Å². The molecular formula is C13H11BrN4O3. The minimum atomic E-state index is -0.599. The van der Waals surface area contributed by atoms with Gasteiger partial charge in [-0.2, -0.15) is 0 Å². The SMILES string of the molecule is CNc1cccc(C(=O)Nc2ncccc2Br)c1[N+](=O)[O-]. The average Bonchev–Trinajstić information content (AvgIpc) is 2.48. The minimum Gasteiger partial charge on any atom is -0.383 e. The first-order valence-corrected chi connectivity index (χ1v) is 6.71. The van der Waals surface area contributed by atoms with Gasteiger partial charge in [0.1, 0.15) is 17.1 Å². The summed E-state index contributed by atoms with van der Waals surface area (Å²) in [4.78, 5) is 26.8. The van der Waals surface area contributed by atoms with Crippen molar-refractivity contribution in [3.63, 3.8) is 0 Å². The number of para-hydroxylation sites is 1. The highest BCUT2D eigenvalue weighted by Gasteiger charge is 2.24. The lowest BCUT2D eigenvalue weighted by Gasteiger charge is -2.08. The molecule has 21 heavy (non-hydrogen) atoms. The first-order chi connectivity index (χ1) is 10.0. The van der Waals surface area contributed by atoms with E-state index in [9.17, 15) is 14.9 Å². The zero-order valence-electron chi connectivity index (χ0n) is 11.0. The molecule has 0 bridgehead atoms. The Morgan fingerprint density at radius 3 is 2.71 bits per heavy atom. The van der Waals surface area contributed by atoms with Crippen LogP contribution in [0.4, 0.5) is 17.2 Å². The molecule has 0 radical (unpaired) electrons. The van der Waals surface area contributed by atoms with Crippen LogP contribution in [0.2, 0.25) is 0 Å². The predicted molar refractivity (Wildman–Crippen MR) is 82.5 cm³/mol. The summed E-state index contributed by atoms with van der Waals surface area (Å²) >= 11 is 3.25. The lowest BCUT2D eigenvalue weighted by atomic mass is 10.1. The molecule has 0 aliphatic heterocycles. The molecule has 0 saturated carbocycles. The monoisotopic (exact) mass is 350 g/mol. The predicted octanol–water partition coefficient (Wildman–Crippen LogP) is 3.05. The number of rotatable bonds is 4. The van der Waals surface area contributed by atoms with E-state index >= 15 is 0 Å². The Labute approximate surface area is 128 Å². The molecule has 0 spiro atoms. The van der Waals surface area contributed by atoms with Crippen LogP contribution >= 0.6 is 15.9 Å². The number of nitro benzene ring substituents is 1. The topological polar surface area (TPSA) is 97.2 Å². The first kappa shape index (κ1) is 14.9. The van der Waals surface area contributed by atoms with Crippen molar-refractivity contribution in [3.05, 3.63) is 56.7 Å². The number of amides is 1. The molecular weight excluding hydrogens is 340 g/mol. The highest BCUT2D eigenvalue weighted by molar-refractivity contribution is 9.10. The molecule has 2 aromatic rings. The molecule has 2 N–H and O–H groups in total. The number of benzene rings is 1. The van der Waals surface area contributed by atoms with Crippen molar-refractivity contribution in [3.8, 4) is 0 Å². The number of carbonyl (C=O) groups excluding carboxylic acids is 1. The Hall–Kier alpha value is -2.48. The van der Waals surface area contributed by atoms with Gasteiger partial charge >= 0.3 is 5.69 Å². The molecule has 0 fully saturated rings. The largest absolute Gasteiger partial charge is 0.383 e. The van der Waals surface area contributed by atoms with Gasteiger partial charge in [-0.15, -0.1) is 0 Å². The lowest BCUT2D eigenvalue weighted by molar-refractivity contribution is -0.384. The molecule has 1 heterocycles. The van der Waals surface area contributed by atoms with Crippen LogP contribution in [0.3, 0.4) is 0 Å². The van der Waals surface area contributed by atoms with E-state index in [-0.39, 0.29) is 16.9 Å². The molecule has 0 unspecified atom stereocenters. The normalized spacial score (nSPS) is 10.0. The van der Waals surface area contributed by atoms with Gasteiger partial charge in [0, 0.05) is 13.2 Å². The third kappa shape index (κ3) is 3.16. The summed E-state index contributed by atoms with van der Waals surface area (Å²) < 4.78 is 0.589. The standard InChI is InChI=1S/C13H11BrN4O3/c1-15-10-6-2-4-8(11(10)18(20)21)13(19)17-12-9(14)5-3-7-16-12/h2-7,15H,1H3,(H,16,17,19). The second-order valence-corrected chi connectivity index (χ2v) is 4.85. The van der Waals surface area contributed by atoms with Crippen molar-refractivity contribution < 1.29 is 9.72 Å². The van der Waals surface area contributed by atoms with Gasteiger partial charge in [-0.1, -0.05) is 6.07 Å². The van der Waals surface area contributed by atoms with E-state index in [0.29, 0.717) is 10.3 Å². The van der Waals surface area contributed by atoms with Gasteiger partial charge in [-0.3, -0.25) is 14.9 Å². The van der Waals surface area contributed by atoms with Crippen molar-refractivity contribution >= 4 is 39.0 Å². The van der Waals surface area contributed by atoms with Crippen LogP contribution < -0.4 is 10.6 Å². The summed E-state index contributed by atoms with van der Waals surface area (Å²) in [5.41, 5.74) is -0.0401. The molecule has 0 saturated heterocycles. The number of pyridine rings is 1. The van der Waals surface area contributed by atoms with Gasteiger partial charge in [0.2, 0.25) is 0 Å². The van der Waals surface area contributed by atoms with Crippen molar-refractivity contribution in [1.82, 2.24) is 4.98 Å². The summed E-state index contributed by atoms with van der Waals surface area (Å²) in [6, 6.07) is 7.91. The maximum atomic E-state index is 12.3. The quantitative estimate of drug-likeness (QED) is 0.652. The Kier molecular flexibility index (Phi) is 4.49. The van der Waals surface area contributed by atoms with Gasteiger partial charge in [0.05, 0.1) is 9.40 Å². The van der Waals surface area contributed by atoms with E-state index in [1.807, 2.05) is 0 Å². The van der Waals surface area contributed by atoms with Crippen LogP contribution in [-0.2, 0) is 0 Å². The Balaban J connectivity index is 2.40. The molecule has 1 aromatic carbocycles. The highest BCUT2D eigenvalue weighted by atomic mass is 79.9. The Morgan fingerprint density at radius 2 is 2.10 bits per heavy atom. The number of halogens is 1. The third-order valence-corrected chi connectivity index (χ3v) is 3.36. The summed E-state index contributed by atoms with van der Waals surface area (Å²) in [7, 11) is 1.55. The van der Waals surface area contributed by atoms with Crippen LogP contribution in [0, 0.1) is 10.1 Å². The second kappa shape index (κ2) is 6.31. The van der Waals surface area contributed by atoms with Crippen LogP contribution in [0.5, 0.6) is 0 Å². The summed E-state index contributed by atoms with van der Waals surface area (Å²) in [6.07, 6.45) is 1.51. The minimum absolute atomic E-state index is 0.0376. The number of hydrogen-bond donors (Lipinski definition) is 2. The van der Waals surface area contributed by atoms with Crippen LogP contribution in [-0.4, -0.2) is 22.9 Å². The Bertz CT molecular complexity index is 706. The fraction of sp³-hybridized carbons (Fsp3) is 0.0769. The summed E-state index contributed by atoms with van der Waals surface area (Å²) in [5.74, 6) is -0.301. The molecule has 1 amide bonds. The molecule has 0 aliphatic carbocycles. The number of anilines is 2. The molecule has 0 aliphatic rings. The fourth-order valence-corrected chi connectivity index (χ4v) is 2.13. The van der Waals surface area contributed by atoms with Gasteiger partial charge in [-0.05, 0) is 40.2 Å². The van der Waals surface area contributed by atoms with E-state index < -0.39 is 10.8 Å². The average molecular weight is 351 g/mol. The van der Waals surface area contributed by atoms with Gasteiger partial charge in [-0.25, -0.2) is 4.98 Å². The van der Waals surface area contributed by atoms with E-state index in [4.69, 9.17) is 0 Å². The number of nitro groups is 1. The smallest absolute Gasteiger partial charge is 0.305 e. The molecule has 0 atom stereocenters. The lowest BCUT2D eigenvalue weighted by Crippen LogP contribution is -2.16. The van der Waals surface area contributed by atoms with E-state index in [1.165, 1.54) is 18.3 Å². The molecule has 8 heteroatoms. The zero-order chi connectivity index (χ0) is 15.4. The van der Waals surface area contributed by atoms with Crippen LogP contribution in [0.25, 0.3) is 0 Å². The van der Waals surface area contributed by atoms with Crippen LogP contribution in [0.15, 0.2) is 41.0 Å². The number of carbonyl (C=O) groups is 1. The number of hydrogen-bond acceptors (Lipinski definition) is 5.